The molecule has 0 aliphatic heterocycles. The first-order chi connectivity index (χ1) is 9.03. The maximum atomic E-state index is 13.3. The summed E-state index contributed by atoms with van der Waals surface area (Å²) in [6.45, 7) is 4.18. The fraction of sp³-hybridized carbons (Fsp3) is 0.500. The van der Waals surface area contributed by atoms with Crippen molar-refractivity contribution in [3.05, 3.63) is 29.6 Å². The van der Waals surface area contributed by atoms with E-state index in [2.05, 4.69) is 0 Å². The molecule has 1 atom stereocenters. The summed E-state index contributed by atoms with van der Waals surface area (Å²) in [6.07, 6.45) is 0.809. The lowest BCUT2D eigenvalue weighted by molar-refractivity contribution is -0.132. The van der Waals surface area contributed by atoms with Crippen molar-refractivity contribution in [1.82, 2.24) is 4.90 Å². The van der Waals surface area contributed by atoms with E-state index in [4.69, 9.17) is 10.5 Å². The number of hydrogen-bond acceptors (Lipinski definition) is 3. The molecule has 0 aliphatic carbocycles. The van der Waals surface area contributed by atoms with Crippen molar-refractivity contribution in [1.29, 1.82) is 0 Å². The van der Waals surface area contributed by atoms with Gasteiger partial charge >= 0.3 is 0 Å². The molecule has 0 saturated heterocycles. The Hall–Kier alpha value is -1.62. The fourth-order valence-electron chi connectivity index (χ4n) is 1.88. The smallest absolute Gasteiger partial charge is 0.236 e. The van der Waals surface area contributed by atoms with Crippen LogP contribution >= 0.6 is 0 Å². The van der Waals surface area contributed by atoms with Crippen molar-refractivity contribution in [2.24, 2.45) is 5.73 Å². The number of nitrogens with zero attached hydrogens (tertiary/aromatic N) is 1. The zero-order valence-electron chi connectivity index (χ0n) is 11.6. The maximum Gasteiger partial charge on any atom is 0.236 e. The summed E-state index contributed by atoms with van der Waals surface area (Å²) in [5, 5.41) is 0. The molecule has 5 heteroatoms. The number of ether oxygens (including phenoxy) is 1. The predicted molar refractivity (Wildman–Crippen MR) is 72.3 cm³/mol. The number of halogens is 1. The summed E-state index contributed by atoms with van der Waals surface area (Å²) < 4.78 is 18.5. The van der Waals surface area contributed by atoms with E-state index in [0.29, 0.717) is 17.9 Å². The van der Waals surface area contributed by atoms with Gasteiger partial charge < -0.3 is 15.4 Å². The third kappa shape index (κ3) is 3.92. The lowest BCUT2D eigenvalue weighted by atomic mass is 10.1. The van der Waals surface area contributed by atoms with Crippen LogP contribution in [0.15, 0.2) is 18.2 Å². The average molecular weight is 268 g/mol. The van der Waals surface area contributed by atoms with Gasteiger partial charge in [-0.1, -0.05) is 6.92 Å². The zero-order valence-corrected chi connectivity index (χ0v) is 11.6. The van der Waals surface area contributed by atoms with Crippen molar-refractivity contribution in [3.63, 3.8) is 0 Å². The van der Waals surface area contributed by atoms with E-state index in [1.807, 2.05) is 13.8 Å². The van der Waals surface area contributed by atoms with Crippen molar-refractivity contribution in [2.75, 3.05) is 13.7 Å². The van der Waals surface area contributed by atoms with Crippen LogP contribution in [-0.4, -0.2) is 30.5 Å². The number of benzene rings is 1. The minimum Gasteiger partial charge on any atom is -0.496 e. The molecule has 0 bridgehead atoms. The second kappa shape index (κ2) is 7.09. The number of amides is 1. The van der Waals surface area contributed by atoms with Crippen molar-refractivity contribution in [2.45, 2.75) is 32.9 Å². The Balaban J connectivity index is 3.01. The highest BCUT2D eigenvalue weighted by Gasteiger charge is 2.19. The van der Waals surface area contributed by atoms with Crippen LogP contribution in [0.2, 0.25) is 0 Å². The van der Waals surface area contributed by atoms with E-state index >= 15 is 0 Å². The number of rotatable bonds is 6. The molecule has 1 unspecified atom stereocenters. The quantitative estimate of drug-likeness (QED) is 0.857. The Morgan fingerprint density at radius 1 is 1.53 bits per heavy atom. The van der Waals surface area contributed by atoms with Gasteiger partial charge in [-0.25, -0.2) is 4.39 Å². The first-order valence-electron chi connectivity index (χ1n) is 6.35. The molecule has 0 fully saturated rings. The van der Waals surface area contributed by atoms with Gasteiger partial charge in [-0.15, -0.1) is 0 Å². The molecule has 1 rings (SSSR count). The van der Waals surface area contributed by atoms with Crippen molar-refractivity contribution in [3.8, 4) is 5.75 Å². The minimum atomic E-state index is -0.347. The monoisotopic (exact) mass is 268 g/mol. The van der Waals surface area contributed by atoms with Crippen molar-refractivity contribution < 1.29 is 13.9 Å². The summed E-state index contributed by atoms with van der Waals surface area (Å²) in [7, 11) is 1.52. The van der Waals surface area contributed by atoms with Crippen LogP contribution in [0.3, 0.4) is 0 Å². The summed E-state index contributed by atoms with van der Waals surface area (Å²) in [4.78, 5) is 13.5. The highest BCUT2D eigenvalue weighted by molar-refractivity contribution is 5.78. The van der Waals surface area contributed by atoms with Crippen LogP contribution in [0, 0.1) is 5.82 Å². The van der Waals surface area contributed by atoms with E-state index in [1.54, 1.807) is 11.0 Å². The van der Waals surface area contributed by atoms with Gasteiger partial charge in [0.2, 0.25) is 5.91 Å². The molecule has 19 heavy (non-hydrogen) atoms. The molecule has 0 radical (unpaired) electrons. The third-order valence-electron chi connectivity index (χ3n) is 3.20. The van der Waals surface area contributed by atoms with E-state index in [-0.39, 0.29) is 24.3 Å². The SMILES string of the molecule is CCC(C)N(Cc1cc(F)ccc1OC)C(=O)CN. The Labute approximate surface area is 113 Å². The Kier molecular flexibility index (Phi) is 5.76. The average Bonchev–Trinajstić information content (AvgIpc) is 2.43. The van der Waals surface area contributed by atoms with Gasteiger partial charge in [0.1, 0.15) is 11.6 Å². The highest BCUT2D eigenvalue weighted by atomic mass is 19.1. The molecule has 0 spiro atoms. The molecule has 2 N–H and O–H groups in total. The fourth-order valence-corrected chi connectivity index (χ4v) is 1.88. The van der Waals surface area contributed by atoms with Crippen LogP contribution in [0.5, 0.6) is 5.75 Å². The van der Waals surface area contributed by atoms with E-state index < -0.39 is 0 Å². The van der Waals surface area contributed by atoms with Crippen LogP contribution in [0.4, 0.5) is 4.39 Å². The van der Waals surface area contributed by atoms with Crippen LogP contribution in [0.25, 0.3) is 0 Å². The lowest BCUT2D eigenvalue weighted by Gasteiger charge is -2.29. The first kappa shape index (κ1) is 15.4. The Bertz CT molecular complexity index is 437. The minimum absolute atomic E-state index is 0.0454. The number of hydrogen-bond donors (Lipinski definition) is 1. The van der Waals surface area contributed by atoms with E-state index in [0.717, 1.165) is 6.42 Å². The largest absolute Gasteiger partial charge is 0.496 e. The summed E-state index contributed by atoms with van der Waals surface area (Å²) in [6, 6.07) is 4.33. The molecule has 1 amide bonds. The molecule has 106 valence electrons. The maximum absolute atomic E-state index is 13.3. The molecule has 0 heterocycles. The topological polar surface area (TPSA) is 55.6 Å². The number of methoxy groups -OCH3 is 1. The van der Waals surface area contributed by atoms with E-state index in [9.17, 15) is 9.18 Å². The summed E-state index contributed by atoms with van der Waals surface area (Å²) in [5.41, 5.74) is 6.07. The standard InChI is InChI=1S/C14H21FN2O2/c1-4-10(2)17(14(18)8-16)9-11-7-12(15)5-6-13(11)19-3/h5-7,10H,4,8-9,16H2,1-3H3. The number of nitrogens with two attached hydrogens (primary N) is 1. The highest BCUT2D eigenvalue weighted by Crippen LogP contribution is 2.22. The second-order valence-corrected chi connectivity index (χ2v) is 4.44. The molecule has 0 aliphatic rings. The number of carbonyl (C=O) groups is 1. The predicted octanol–water partition coefficient (Wildman–Crippen LogP) is 1.92. The molecular formula is C14H21FN2O2. The molecule has 0 aromatic heterocycles. The van der Waals surface area contributed by atoms with Gasteiger partial charge in [0.15, 0.2) is 0 Å². The van der Waals surface area contributed by atoms with Crippen LogP contribution in [0.1, 0.15) is 25.8 Å². The van der Waals surface area contributed by atoms with Gasteiger partial charge in [0.25, 0.3) is 0 Å². The Morgan fingerprint density at radius 3 is 2.74 bits per heavy atom. The molecule has 0 saturated carbocycles. The normalized spacial score (nSPS) is 12.1. The summed E-state index contributed by atoms with van der Waals surface area (Å²) >= 11 is 0. The third-order valence-corrected chi connectivity index (χ3v) is 3.20. The lowest BCUT2D eigenvalue weighted by Crippen LogP contribution is -2.41. The molecule has 4 nitrogen and oxygen atoms in total. The van der Waals surface area contributed by atoms with Gasteiger partial charge in [-0.2, -0.15) is 0 Å². The Morgan fingerprint density at radius 2 is 2.21 bits per heavy atom. The second-order valence-electron chi connectivity index (χ2n) is 4.44. The summed E-state index contributed by atoms with van der Waals surface area (Å²) in [5.74, 6) is 0.0697. The zero-order chi connectivity index (χ0) is 14.4. The van der Waals surface area contributed by atoms with Gasteiger partial charge in [0.05, 0.1) is 13.7 Å². The molecular weight excluding hydrogens is 247 g/mol. The van der Waals surface area contributed by atoms with Gasteiger partial charge in [-0.05, 0) is 31.5 Å². The molecule has 1 aromatic rings. The van der Waals surface area contributed by atoms with E-state index in [1.165, 1.54) is 19.2 Å². The van der Waals surface area contributed by atoms with Crippen LogP contribution < -0.4 is 10.5 Å². The van der Waals surface area contributed by atoms with Crippen LogP contribution in [-0.2, 0) is 11.3 Å². The number of carbonyl (C=O) groups excluding carboxylic acids is 1. The van der Waals surface area contributed by atoms with Crippen molar-refractivity contribution >= 4 is 5.91 Å². The molecule has 1 aromatic carbocycles. The van der Waals surface area contributed by atoms with Gasteiger partial charge in [-0.3, -0.25) is 4.79 Å². The van der Waals surface area contributed by atoms with Gasteiger partial charge in [0, 0.05) is 18.2 Å². The first-order valence-corrected chi connectivity index (χ1v) is 6.35.